The fourth-order valence-electron chi connectivity index (χ4n) is 1.02. The van der Waals surface area contributed by atoms with Crippen LogP contribution in [0.3, 0.4) is 0 Å². The zero-order valence-corrected chi connectivity index (χ0v) is 11.2. The smallest absolute Gasteiger partial charge is 0.320 e. The van der Waals surface area contributed by atoms with Gasteiger partial charge >= 0.3 is 6.01 Å². The lowest BCUT2D eigenvalue weighted by Crippen LogP contribution is -2.26. The molecule has 0 atom stereocenters. The summed E-state index contributed by atoms with van der Waals surface area (Å²) in [6.45, 7) is 11.1. The first-order valence-electron chi connectivity index (χ1n) is 5.47. The van der Waals surface area contributed by atoms with E-state index in [1.807, 2.05) is 41.5 Å². The van der Waals surface area contributed by atoms with Crippen molar-refractivity contribution in [3.63, 3.8) is 0 Å². The predicted molar refractivity (Wildman–Crippen MR) is 62.8 cm³/mol. The van der Waals surface area contributed by atoms with Crippen molar-refractivity contribution in [2.75, 3.05) is 0 Å². The van der Waals surface area contributed by atoms with Crippen LogP contribution in [0.1, 0.15) is 41.5 Å². The van der Waals surface area contributed by atoms with E-state index in [4.69, 9.17) is 9.47 Å². The Morgan fingerprint density at radius 1 is 1.00 bits per heavy atom. The van der Waals surface area contributed by atoms with Gasteiger partial charge in [0.15, 0.2) is 0 Å². The Balaban J connectivity index is 2.95. The molecule has 0 unspecified atom stereocenters. The van der Waals surface area contributed by atoms with Crippen molar-refractivity contribution in [3.8, 4) is 11.9 Å². The molecule has 1 heterocycles. The van der Waals surface area contributed by atoms with Crippen LogP contribution in [-0.2, 0) is 0 Å². The van der Waals surface area contributed by atoms with E-state index in [1.165, 1.54) is 0 Å². The first-order chi connectivity index (χ1) is 7.57. The maximum Gasteiger partial charge on any atom is 0.320 e. The van der Waals surface area contributed by atoms with Gasteiger partial charge in [-0.25, -0.2) is 4.98 Å². The molecule has 4 nitrogen and oxygen atoms in total. The molecule has 0 fully saturated rings. The van der Waals surface area contributed by atoms with E-state index in [1.54, 1.807) is 0 Å². The van der Waals surface area contributed by atoms with Crippen LogP contribution in [0.4, 0.5) is 4.39 Å². The lowest BCUT2D eigenvalue weighted by atomic mass is 10.2. The highest BCUT2D eigenvalue weighted by Gasteiger charge is 2.20. The highest BCUT2D eigenvalue weighted by atomic mass is 18.2. The summed E-state index contributed by atoms with van der Waals surface area (Å²) in [5.74, 6) is -0.687. The highest BCUT2D eigenvalue weighted by molar-refractivity contribution is 5.15. The predicted octanol–water partition coefficient (Wildman–Crippen LogP) is 2.97. The molecule has 0 amide bonds. The molecule has 0 aliphatic heterocycles. The van der Waals surface area contributed by atoms with Crippen LogP contribution in [0.2, 0.25) is 0 Å². The Morgan fingerprint density at radius 2 is 1.53 bits per heavy atom. The number of hydrogen-bond acceptors (Lipinski definition) is 4. The Bertz CT molecular complexity index is 394. The lowest BCUT2D eigenvalue weighted by Gasteiger charge is -2.22. The fourth-order valence-corrected chi connectivity index (χ4v) is 1.02. The van der Waals surface area contributed by atoms with E-state index in [-0.39, 0.29) is 11.9 Å². The first kappa shape index (κ1) is 13.7. The van der Waals surface area contributed by atoms with Gasteiger partial charge in [-0.05, 0) is 41.5 Å². The van der Waals surface area contributed by atoms with E-state index in [2.05, 4.69) is 9.97 Å². The summed E-state index contributed by atoms with van der Waals surface area (Å²) in [5.41, 5.74) is -0.953. The summed E-state index contributed by atoms with van der Waals surface area (Å²) in [6, 6.07) is 0.109. The average molecular weight is 241 g/mol. The number of aromatic nitrogens is 2. The third kappa shape index (κ3) is 4.97. The number of ether oxygens (including phenoxy) is 2. The largest absolute Gasteiger partial charge is 0.470 e. The number of halogens is 1. The van der Waals surface area contributed by atoms with Crippen LogP contribution >= 0.6 is 0 Å². The SMILES string of the molecule is CC(C)(C)Oc1ncc([18F])c(OC(C)(C)C)n1. The third-order valence-corrected chi connectivity index (χ3v) is 1.49. The minimum absolute atomic E-state index is 0.0910. The molecule has 1 aromatic rings. The minimum atomic E-state index is -0.596. The van der Waals surface area contributed by atoms with E-state index in [0.717, 1.165) is 6.20 Å². The molecule has 96 valence electrons. The highest BCUT2D eigenvalue weighted by Crippen LogP contribution is 2.22. The van der Waals surface area contributed by atoms with Crippen molar-refractivity contribution in [2.24, 2.45) is 0 Å². The van der Waals surface area contributed by atoms with Crippen LogP contribution in [0.25, 0.3) is 0 Å². The van der Waals surface area contributed by atoms with Gasteiger partial charge in [0.2, 0.25) is 5.82 Å². The number of hydrogen-bond donors (Lipinski definition) is 0. The summed E-state index contributed by atoms with van der Waals surface area (Å²) in [4.78, 5) is 7.68. The standard InChI is InChI=1S/C12H19FN2O2/c1-11(2,3)16-9-8(13)7-14-10(15-9)17-12(4,5)6/h7H,1-6H3/i13-1. The molecule has 5 heteroatoms. The van der Waals surface area contributed by atoms with Crippen LogP contribution in [-0.4, -0.2) is 21.2 Å². The molecule has 0 saturated heterocycles. The van der Waals surface area contributed by atoms with E-state index < -0.39 is 17.0 Å². The molecule has 0 N–H and O–H groups in total. The molecule has 1 aromatic heterocycles. The monoisotopic (exact) mass is 241 g/mol. The van der Waals surface area contributed by atoms with Gasteiger partial charge in [0.25, 0.3) is 5.88 Å². The van der Waals surface area contributed by atoms with Gasteiger partial charge in [0.1, 0.15) is 11.2 Å². The van der Waals surface area contributed by atoms with Gasteiger partial charge in [-0.2, -0.15) is 9.37 Å². The minimum Gasteiger partial charge on any atom is -0.470 e. The topological polar surface area (TPSA) is 44.2 Å². The van der Waals surface area contributed by atoms with Gasteiger partial charge in [0, 0.05) is 0 Å². The molecule has 0 saturated carbocycles. The van der Waals surface area contributed by atoms with Gasteiger partial charge < -0.3 is 9.47 Å². The molecule has 0 bridgehead atoms. The van der Waals surface area contributed by atoms with Crippen LogP contribution in [0, 0.1) is 5.82 Å². The lowest BCUT2D eigenvalue weighted by molar-refractivity contribution is 0.0982. The number of nitrogens with zero attached hydrogens (tertiary/aromatic N) is 2. The molecular formula is C12H19FN2O2. The molecule has 0 radical (unpaired) electrons. The van der Waals surface area contributed by atoms with Crippen molar-refractivity contribution >= 4 is 0 Å². The second-order valence-electron chi connectivity index (χ2n) is 5.73. The van der Waals surface area contributed by atoms with Crippen LogP contribution in [0.15, 0.2) is 6.20 Å². The Kier molecular flexibility index (Phi) is 3.59. The van der Waals surface area contributed by atoms with Crippen molar-refractivity contribution in [1.29, 1.82) is 0 Å². The van der Waals surface area contributed by atoms with E-state index >= 15 is 0 Å². The van der Waals surface area contributed by atoms with Gasteiger partial charge in [-0.3, -0.25) is 0 Å². The molecule has 0 aromatic carbocycles. The maximum absolute atomic E-state index is 13.4. The Morgan fingerprint density at radius 3 is 2.00 bits per heavy atom. The molecular weight excluding hydrogens is 222 g/mol. The number of rotatable bonds is 2. The van der Waals surface area contributed by atoms with Crippen molar-refractivity contribution < 1.29 is 13.9 Å². The van der Waals surface area contributed by atoms with Crippen LogP contribution < -0.4 is 9.47 Å². The summed E-state index contributed by atoms with van der Waals surface area (Å²) in [6.07, 6.45) is 1.05. The second kappa shape index (κ2) is 4.47. The summed E-state index contributed by atoms with van der Waals surface area (Å²) in [7, 11) is 0. The molecule has 0 aliphatic rings. The zero-order chi connectivity index (χ0) is 13.3. The fraction of sp³-hybridized carbons (Fsp3) is 0.667. The molecule has 17 heavy (non-hydrogen) atoms. The first-order valence-corrected chi connectivity index (χ1v) is 5.47. The van der Waals surface area contributed by atoms with Gasteiger partial charge in [-0.15, -0.1) is 0 Å². The molecule has 0 spiro atoms. The van der Waals surface area contributed by atoms with E-state index in [9.17, 15) is 4.39 Å². The van der Waals surface area contributed by atoms with Crippen molar-refractivity contribution in [1.82, 2.24) is 9.97 Å². The zero-order valence-electron chi connectivity index (χ0n) is 11.2. The molecule has 1 rings (SSSR count). The summed E-state index contributed by atoms with van der Waals surface area (Å²) >= 11 is 0. The quantitative estimate of drug-likeness (QED) is 0.798. The normalized spacial score (nSPS) is 12.4. The Hall–Kier alpha value is -1.39. The van der Waals surface area contributed by atoms with Crippen LogP contribution in [0.5, 0.6) is 11.9 Å². The second-order valence-corrected chi connectivity index (χ2v) is 5.73. The van der Waals surface area contributed by atoms with Crippen molar-refractivity contribution in [2.45, 2.75) is 52.7 Å². The molecule has 0 aliphatic carbocycles. The van der Waals surface area contributed by atoms with E-state index in [0.29, 0.717) is 0 Å². The van der Waals surface area contributed by atoms with Gasteiger partial charge in [0.05, 0.1) is 6.20 Å². The maximum atomic E-state index is 13.4. The third-order valence-electron chi connectivity index (χ3n) is 1.49. The van der Waals surface area contributed by atoms with Crippen molar-refractivity contribution in [3.05, 3.63) is 12.0 Å². The average Bonchev–Trinajstić information content (AvgIpc) is 2.05. The Labute approximate surface area is 101 Å². The summed E-state index contributed by atoms with van der Waals surface area (Å²) in [5, 5.41) is 0. The van der Waals surface area contributed by atoms with Gasteiger partial charge in [-0.1, -0.05) is 0 Å². The summed E-state index contributed by atoms with van der Waals surface area (Å²) < 4.78 is 24.3.